The van der Waals surface area contributed by atoms with Gasteiger partial charge in [-0.15, -0.1) is 0 Å². The number of thioether (sulfide) groups is 1. The Kier molecular flexibility index (Phi) is 6.65. The summed E-state index contributed by atoms with van der Waals surface area (Å²) in [6.07, 6.45) is 7.78. The topological polar surface area (TPSA) is 35.2 Å². The van der Waals surface area contributed by atoms with Crippen molar-refractivity contribution in [1.82, 2.24) is 0 Å². The number of ether oxygens (including phenoxy) is 1. The van der Waals surface area contributed by atoms with Gasteiger partial charge in [0, 0.05) is 25.0 Å². The molecule has 0 saturated heterocycles. The SMILES string of the molecule is COCCCSC1CCCCCC1N. The molecule has 0 bridgehead atoms. The van der Waals surface area contributed by atoms with E-state index in [1.54, 1.807) is 7.11 Å². The Morgan fingerprint density at radius 2 is 2.07 bits per heavy atom. The minimum Gasteiger partial charge on any atom is -0.385 e. The predicted octanol–water partition coefficient (Wildman–Crippen LogP) is 2.42. The number of hydrogen-bond donors (Lipinski definition) is 1. The second kappa shape index (κ2) is 7.55. The van der Waals surface area contributed by atoms with Gasteiger partial charge in [-0.05, 0) is 25.0 Å². The van der Waals surface area contributed by atoms with Crippen LogP contribution in [0.4, 0.5) is 0 Å². The second-order valence-corrected chi connectivity index (χ2v) is 5.40. The van der Waals surface area contributed by atoms with Crippen molar-refractivity contribution in [2.75, 3.05) is 19.5 Å². The molecule has 2 N–H and O–H groups in total. The van der Waals surface area contributed by atoms with Gasteiger partial charge in [0.1, 0.15) is 0 Å². The van der Waals surface area contributed by atoms with Gasteiger partial charge in [-0.1, -0.05) is 19.3 Å². The molecular formula is C11H23NOS. The van der Waals surface area contributed by atoms with E-state index >= 15 is 0 Å². The summed E-state index contributed by atoms with van der Waals surface area (Å²) in [6, 6.07) is 0.435. The molecule has 0 amide bonds. The van der Waals surface area contributed by atoms with Crippen LogP contribution in [0.3, 0.4) is 0 Å². The van der Waals surface area contributed by atoms with Crippen LogP contribution in [0.15, 0.2) is 0 Å². The van der Waals surface area contributed by atoms with Gasteiger partial charge in [0.15, 0.2) is 0 Å². The Labute approximate surface area is 92.0 Å². The molecule has 14 heavy (non-hydrogen) atoms. The van der Waals surface area contributed by atoms with Crippen LogP contribution >= 0.6 is 11.8 Å². The van der Waals surface area contributed by atoms with Crippen molar-refractivity contribution in [3.63, 3.8) is 0 Å². The molecule has 1 rings (SSSR count). The van der Waals surface area contributed by atoms with Crippen molar-refractivity contribution in [2.24, 2.45) is 5.73 Å². The molecule has 0 radical (unpaired) electrons. The van der Waals surface area contributed by atoms with Gasteiger partial charge in [0.05, 0.1) is 0 Å². The summed E-state index contributed by atoms with van der Waals surface area (Å²) >= 11 is 2.05. The Bertz CT molecular complexity index is 143. The molecule has 1 aliphatic rings. The summed E-state index contributed by atoms with van der Waals surface area (Å²) in [5.41, 5.74) is 6.14. The van der Waals surface area contributed by atoms with E-state index in [0.29, 0.717) is 11.3 Å². The first kappa shape index (κ1) is 12.3. The lowest BCUT2D eigenvalue weighted by Gasteiger charge is -2.20. The highest BCUT2D eigenvalue weighted by Gasteiger charge is 2.19. The lowest BCUT2D eigenvalue weighted by Crippen LogP contribution is -2.31. The third-order valence-corrected chi connectivity index (χ3v) is 4.37. The van der Waals surface area contributed by atoms with Gasteiger partial charge in [-0.2, -0.15) is 11.8 Å². The zero-order valence-electron chi connectivity index (χ0n) is 9.21. The summed E-state index contributed by atoms with van der Waals surface area (Å²) in [4.78, 5) is 0. The van der Waals surface area contributed by atoms with E-state index < -0.39 is 0 Å². The van der Waals surface area contributed by atoms with Crippen LogP contribution in [0, 0.1) is 0 Å². The maximum atomic E-state index is 6.14. The fraction of sp³-hybridized carbons (Fsp3) is 1.00. The van der Waals surface area contributed by atoms with Crippen molar-refractivity contribution in [2.45, 2.75) is 49.8 Å². The Balaban J connectivity index is 2.13. The van der Waals surface area contributed by atoms with Crippen LogP contribution in [0.5, 0.6) is 0 Å². The molecule has 0 aliphatic heterocycles. The first-order chi connectivity index (χ1) is 6.84. The zero-order valence-corrected chi connectivity index (χ0v) is 10.0. The number of hydrogen-bond acceptors (Lipinski definition) is 3. The summed E-state index contributed by atoms with van der Waals surface area (Å²) < 4.78 is 5.04. The fourth-order valence-corrected chi connectivity index (χ4v) is 3.25. The fourth-order valence-electron chi connectivity index (χ4n) is 1.95. The van der Waals surface area contributed by atoms with Crippen LogP contribution in [0.25, 0.3) is 0 Å². The lowest BCUT2D eigenvalue weighted by atomic mass is 10.1. The van der Waals surface area contributed by atoms with Crippen molar-refractivity contribution in [3.8, 4) is 0 Å². The summed E-state index contributed by atoms with van der Waals surface area (Å²) in [7, 11) is 1.77. The highest BCUT2D eigenvalue weighted by atomic mass is 32.2. The maximum Gasteiger partial charge on any atom is 0.0470 e. The first-order valence-corrected chi connectivity index (χ1v) is 6.75. The van der Waals surface area contributed by atoms with Gasteiger partial charge < -0.3 is 10.5 Å². The van der Waals surface area contributed by atoms with E-state index in [1.165, 1.54) is 37.9 Å². The molecule has 1 fully saturated rings. The van der Waals surface area contributed by atoms with Gasteiger partial charge in [-0.25, -0.2) is 0 Å². The largest absolute Gasteiger partial charge is 0.385 e. The molecule has 1 aliphatic carbocycles. The van der Waals surface area contributed by atoms with Crippen LogP contribution in [-0.2, 0) is 4.74 Å². The van der Waals surface area contributed by atoms with E-state index in [1.807, 2.05) is 0 Å². The molecule has 0 aromatic rings. The van der Waals surface area contributed by atoms with Crippen LogP contribution in [0.1, 0.15) is 38.5 Å². The standard InChI is InChI=1S/C11H23NOS/c1-13-8-5-9-14-11-7-4-2-3-6-10(11)12/h10-11H,2-9,12H2,1H3. The van der Waals surface area contributed by atoms with Gasteiger partial charge >= 0.3 is 0 Å². The molecule has 0 spiro atoms. The highest BCUT2D eigenvalue weighted by molar-refractivity contribution is 7.99. The molecule has 1 saturated carbocycles. The third kappa shape index (κ3) is 4.67. The minimum atomic E-state index is 0.435. The molecule has 2 atom stereocenters. The van der Waals surface area contributed by atoms with Gasteiger partial charge in [0.25, 0.3) is 0 Å². The van der Waals surface area contributed by atoms with E-state index in [2.05, 4.69) is 11.8 Å². The van der Waals surface area contributed by atoms with Crippen molar-refractivity contribution in [1.29, 1.82) is 0 Å². The molecular weight excluding hydrogens is 194 g/mol. The van der Waals surface area contributed by atoms with Crippen molar-refractivity contribution < 1.29 is 4.74 Å². The molecule has 2 nitrogen and oxygen atoms in total. The van der Waals surface area contributed by atoms with E-state index in [9.17, 15) is 0 Å². The van der Waals surface area contributed by atoms with E-state index in [-0.39, 0.29) is 0 Å². The van der Waals surface area contributed by atoms with E-state index in [4.69, 9.17) is 10.5 Å². The second-order valence-electron chi connectivity index (χ2n) is 4.06. The summed E-state index contributed by atoms with van der Waals surface area (Å²) in [5, 5.41) is 0.703. The third-order valence-electron chi connectivity index (χ3n) is 2.83. The lowest BCUT2D eigenvalue weighted by molar-refractivity contribution is 0.200. The van der Waals surface area contributed by atoms with Gasteiger partial charge in [-0.3, -0.25) is 0 Å². The van der Waals surface area contributed by atoms with Crippen molar-refractivity contribution in [3.05, 3.63) is 0 Å². The van der Waals surface area contributed by atoms with Crippen LogP contribution in [0.2, 0.25) is 0 Å². The Morgan fingerprint density at radius 1 is 1.29 bits per heavy atom. The van der Waals surface area contributed by atoms with Crippen molar-refractivity contribution >= 4 is 11.8 Å². The van der Waals surface area contributed by atoms with E-state index in [0.717, 1.165) is 13.0 Å². The van der Waals surface area contributed by atoms with Crippen LogP contribution < -0.4 is 5.73 Å². The zero-order chi connectivity index (χ0) is 10.2. The molecule has 3 heteroatoms. The molecule has 0 aromatic heterocycles. The first-order valence-electron chi connectivity index (χ1n) is 5.70. The number of methoxy groups -OCH3 is 1. The summed E-state index contributed by atoms with van der Waals surface area (Å²) in [5.74, 6) is 1.20. The predicted molar refractivity (Wildman–Crippen MR) is 63.8 cm³/mol. The monoisotopic (exact) mass is 217 g/mol. The normalized spacial score (nSPS) is 28.7. The molecule has 2 unspecified atom stereocenters. The van der Waals surface area contributed by atoms with Crippen LogP contribution in [-0.4, -0.2) is 30.8 Å². The Hall–Kier alpha value is 0.270. The quantitative estimate of drug-likeness (QED) is 0.567. The highest BCUT2D eigenvalue weighted by Crippen LogP contribution is 2.27. The number of nitrogens with two attached hydrogens (primary N) is 1. The maximum absolute atomic E-state index is 6.14. The minimum absolute atomic E-state index is 0.435. The average molecular weight is 217 g/mol. The number of rotatable bonds is 5. The molecule has 0 heterocycles. The summed E-state index contributed by atoms with van der Waals surface area (Å²) in [6.45, 7) is 0.884. The molecule has 0 aromatic carbocycles. The smallest absolute Gasteiger partial charge is 0.0470 e. The molecule has 84 valence electrons. The van der Waals surface area contributed by atoms with Gasteiger partial charge in [0.2, 0.25) is 0 Å². The Morgan fingerprint density at radius 3 is 2.86 bits per heavy atom. The average Bonchev–Trinajstić information content (AvgIpc) is 2.39.